The van der Waals surface area contributed by atoms with Gasteiger partial charge in [-0.1, -0.05) is 48.9 Å². The van der Waals surface area contributed by atoms with Crippen LogP contribution in [0.5, 0.6) is 0 Å². The average Bonchev–Trinajstić information content (AvgIpc) is 2.92. The van der Waals surface area contributed by atoms with E-state index in [1.165, 1.54) is 18.2 Å². The molecule has 29 heavy (non-hydrogen) atoms. The highest BCUT2D eigenvalue weighted by Gasteiger charge is 2.24. The van der Waals surface area contributed by atoms with Gasteiger partial charge in [0, 0.05) is 11.1 Å². The van der Waals surface area contributed by atoms with Crippen molar-refractivity contribution in [1.82, 2.24) is 4.72 Å². The minimum atomic E-state index is -3.88. The van der Waals surface area contributed by atoms with Crippen LogP contribution in [0.4, 0.5) is 10.1 Å². The Hall–Kier alpha value is -1.67. The van der Waals surface area contributed by atoms with E-state index in [9.17, 15) is 17.6 Å². The Balaban J connectivity index is 1.82. The molecule has 0 aliphatic heterocycles. The van der Waals surface area contributed by atoms with Gasteiger partial charge in [0.15, 0.2) is 0 Å². The van der Waals surface area contributed by atoms with E-state index in [1.807, 2.05) is 0 Å². The number of amides is 1. The molecule has 1 fully saturated rings. The van der Waals surface area contributed by atoms with Gasteiger partial charge in [-0.05, 0) is 49.2 Å². The van der Waals surface area contributed by atoms with Gasteiger partial charge in [-0.15, -0.1) is 0 Å². The number of sulfonamides is 1. The fraction of sp³-hybridized carbons (Fsp3) is 0.350. The lowest BCUT2D eigenvalue weighted by Crippen LogP contribution is -2.34. The lowest BCUT2D eigenvalue weighted by molar-refractivity contribution is 0.102. The summed E-state index contributed by atoms with van der Waals surface area (Å²) < 4.78 is 42.4. The molecule has 0 bridgehead atoms. The number of nitrogens with one attached hydrogen (secondary N) is 2. The van der Waals surface area contributed by atoms with Crippen molar-refractivity contribution in [2.75, 3.05) is 5.32 Å². The van der Waals surface area contributed by atoms with E-state index >= 15 is 0 Å². The van der Waals surface area contributed by atoms with Crippen LogP contribution in [0.25, 0.3) is 0 Å². The van der Waals surface area contributed by atoms with Crippen LogP contribution < -0.4 is 10.0 Å². The molecule has 0 saturated heterocycles. The summed E-state index contributed by atoms with van der Waals surface area (Å²) in [5.74, 6) is -1.64. The molecule has 2 aromatic rings. The van der Waals surface area contributed by atoms with Gasteiger partial charge in [0.25, 0.3) is 5.91 Å². The van der Waals surface area contributed by atoms with Gasteiger partial charge >= 0.3 is 0 Å². The van der Waals surface area contributed by atoms with Crippen LogP contribution in [0.2, 0.25) is 10.0 Å². The molecule has 9 heteroatoms. The Morgan fingerprint density at radius 2 is 1.69 bits per heavy atom. The SMILES string of the molecule is O=C(Nc1ccc(Cl)cc1Cl)c1cc(S(=O)(=O)NC2CCCCCC2)ccc1F. The number of rotatable bonds is 5. The highest BCUT2D eigenvalue weighted by atomic mass is 35.5. The summed E-state index contributed by atoms with van der Waals surface area (Å²) >= 11 is 11.9. The molecule has 3 rings (SSSR count). The van der Waals surface area contributed by atoms with Gasteiger partial charge in [0.1, 0.15) is 5.82 Å². The van der Waals surface area contributed by atoms with Crippen molar-refractivity contribution in [3.05, 3.63) is 57.8 Å². The Morgan fingerprint density at radius 1 is 1.00 bits per heavy atom. The molecule has 0 atom stereocenters. The molecule has 2 N–H and O–H groups in total. The fourth-order valence-electron chi connectivity index (χ4n) is 3.31. The number of carbonyl (C=O) groups is 1. The maximum atomic E-state index is 14.3. The summed E-state index contributed by atoms with van der Waals surface area (Å²) in [7, 11) is -3.88. The van der Waals surface area contributed by atoms with Crippen molar-refractivity contribution in [3.8, 4) is 0 Å². The molecule has 1 amide bonds. The molecule has 0 heterocycles. The molecule has 1 aliphatic rings. The number of hydrogen-bond donors (Lipinski definition) is 2. The van der Waals surface area contributed by atoms with Crippen LogP contribution in [0.15, 0.2) is 41.3 Å². The minimum absolute atomic E-state index is 0.155. The van der Waals surface area contributed by atoms with Gasteiger partial charge < -0.3 is 5.32 Å². The maximum absolute atomic E-state index is 14.3. The lowest BCUT2D eigenvalue weighted by atomic mass is 10.1. The van der Waals surface area contributed by atoms with Crippen molar-refractivity contribution in [1.29, 1.82) is 0 Å². The zero-order valence-corrected chi connectivity index (χ0v) is 17.9. The van der Waals surface area contributed by atoms with Gasteiger partial charge in [0.05, 0.1) is 21.2 Å². The van der Waals surface area contributed by atoms with Crippen molar-refractivity contribution in [3.63, 3.8) is 0 Å². The fourth-order valence-corrected chi connectivity index (χ4v) is 5.10. The molecule has 0 aromatic heterocycles. The number of halogens is 3. The van der Waals surface area contributed by atoms with Crippen LogP contribution in [-0.4, -0.2) is 20.4 Å². The molecular weight excluding hydrogens is 438 g/mol. The van der Waals surface area contributed by atoms with E-state index in [4.69, 9.17) is 23.2 Å². The number of hydrogen-bond acceptors (Lipinski definition) is 3. The Labute approximate surface area is 179 Å². The van der Waals surface area contributed by atoms with Gasteiger partial charge in [0.2, 0.25) is 10.0 Å². The van der Waals surface area contributed by atoms with E-state index in [0.29, 0.717) is 5.02 Å². The third kappa shape index (κ3) is 5.69. The summed E-state index contributed by atoms with van der Waals surface area (Å²) in [6, 6.07) is 7.45. The maximum Gasteiger partial charge on any atom is 0.258 e. The smallest absolute Gasteiger partial charge is 0.258 e. The topological polar surface area (TPSA) is 75.3 Å². The first-order valence-electron chi connectivity index (χ1n) is 9.34. The molecule has 5 nitrogen and oxygen atoms in total. The predicted octanol–water partition coefficient (Wildman–Crippen LogP) is 5.39. The first-order chi connectivity index (χ1) is 13.8. The number of benzene rings is 2. The lowest BCUT2D eigenvalue weighted by Gasteiger charge is -2.17. The monoisotopic (exact) mass is 458 g/mol. The van der Waals surface area contributed by atoms with Crippen molar-refractivity contribution in [2.45, 2.75) is 49.5 Å². The van der Waals surface area contributed by atoms with Crippen molar-refractivity contribution < 1.29 is 17.6 Å². The molecule has 0 radical (unpaired) electrons. The molecule has 1 saturated carbocycles. The predicted molar refractivity (Wildman–Crippen MR) is 113 cm³/mol. The Morgan fingerprint density at radius 3 is 2.34 bits per heavy atom. The quantitative estimate of drug-likeness (QED) is 0.589. The summed E-state index contributed by atoms with van der Waals surface area (Å²) in [5, 5.41) is 3.05. The number of anilines is 1. The summed E-state index contributed by atoms with van der Waals surface area (Å²) in [5.41, 5.74) is -0.148. The van der Waals surface area contributed by atoms with E-state index in [0.717, 1.165) is 56.7 Å². The van der Waals surface area contributed by atoms with Crippen LogP contribution in [0, 0.1) is 5.82 Å². The van der Waals surface area contributed by atoms with Crippen LogP contribution >= 0.6 is 23.2 Å². The third-order valence-electron chi connectivity index (χ3n) is 4.85. The highest BCUT2D eigenvalue weighted by Crippen LogP contribution is 2.27. The van der Waals surface area contributed by atoms with Crippen LogP contribution in [0.1, 0.15) is 48.9 Å². The van der Waals surface area contributed by atoms with E-state index in [2.05, 4.69) is 10.0 Å². The highest BCUT2D eigenvalue weighted by molar-refractivity contribution is 7.89. The standard InChI is InChI=1S/C20H21Cl2FN2O3S/c21-13-7-10-19(17(22)11-13)24-20(26)16-12-15(8-9-18(16)23)29(27,28)25-14-5-3-1-2-4-6-14/h7-12,14,25H,1-6H2,(H,24,26). The van der Waals surface area contributed by atoms with Crippen LogP contribution in [-0.2, 0) is 10.0 Å². The number of carbonyl (C=O) groups excluding carboxylic acids is 1. The molecule has 156 valence electrons. The molecule has 0 unspecified atom stereocenters. The second kappa shape index (κ2) is 9.43. The molecule has 2 aromatic carbocycles. The average molecular weight is 459 g/mol. The summed E-state index contributed by atoms with van der Waals surface area (Å²) in [4.78, 5) is 12.4. The summed E-state index contributed by atoms with van der Waals surface area (Å²) in [6.07, 6.45) is 5.64. The van der Waals surface area contributed by atoms with Crippen LogP contribution in [0.3, 0.4) is 0 Å². The first-order valence-corrected chi connectivity index (χ1v) is 11.6. The largest absolute Gasteiger partial charge is 0.321 e. The van der Waals surface area contributed by atoms with Gasteiger partial charge in [-0.3, -0.25) is 4.79 Å². The van der Waals surface area contributed by atoms with Gasteiger partial charge in [-0.25, -0.2) is 17.5 Å². The second-order valence-corrected chi connectivity index (χ2v) is 9.59. The molecule has 0 spiro atoms. The van der Waals surface area contributed by atoms with E-state index in [1.54, 1.807) is 0 Å². The first kappa shape index (κ1) is 22.0. The third-order valence-corrected chi connectivity index (χ3v) is 6.92. The molecule has 1 aliphatic carbocycles. The zero-order chi connectivity index (χ0) is 21.0. The van der Waals surface area contributed by atoms with Crippen molar-refractivity contribution >= 4 is 44.8 Å². The van der Waals surface area contributed by atoms with E-state index < -0.39 is 21.7 Å². The molecular formula is C20H21Cl2FN2O3S. The van der Waals surface area contributed by atoms with Gasteiger partial charge in [-0.2, -0.15) is 0 Å². The Kier molecular flexibility index (Phi) is 7.16. The minimum Gasteiger partial charge on any atom is -0.321 e. The normalized spacial score (nSPS) is 15.7. The summed E-state index contributed by atoms with van der Waals surface area (Å²) in [6.45, 7) is 0. The zero-order valence-electron chi connectivity index (χ0n) is 15.6. The Bertz CT molecular complexity index is 1010. The second-order valence-electron chi connectivity index (χ2n) is 7.03. The van der Waals surface area contributed by atoms with E-state index in [-0.39, 0.29) is 27.2 Å². The van der Waals surface area contributed by atoms with Crippen molar-refractivity contribution in [2.24, 2.45) is 0 Å².